The summed E-state index contributed by atoms with van der Waals surface area (Å²) < 4.78 is 19.1. The van der Waals surface area contributed by atoms with E-state index in [1.807, 2.05) is 0 Å². The number of unbranched alkanes of at least 4 members (excludes halogenated alkanes) is 3. The summed E-state index contributed by atoms with van der Waals surface area (Å²) in [5, 5.41) is 2.12. The first-order valence-electron chi connectivity index (χ1n) is 9.23. The molecule has 0 amide bonds. The summed E-state index contributed by atoms with van der Waals surface area (Å²) in [6.07, 6.45) is 10.4. The van der Waals surface area contributed by atoms with Gasteiger partial charge in [-0.15, -0.1) is 0 Å². The van der Waals surface area contributed by atoms with Crippen molar-refractivity contribution in [3.05, 3.63) is 24.0 Å². The van der Waals surface area contributed by atoms with Gasteiger partial charge < -0.3 is 4.74 Å². The molecule has 0 aliphatic heterocycles. The molecule has 0 aromatic heterocycles. The number of hydrogen-bond donors (Lipinski definition) is 0. The molecule has 1 aliphatic rings. The molecule has 1 aromatic carbocycles. The van der Waals surface area contributed by atoms with Crippen molar-refractivity contribution in [1.29, 1.82) is 0 Å². The van der Waals surface area contributed by atoms with Gasteiger partial charge in [0.25, 0.3) is 0 Å². The number of isothiocyanates is 1. The van der Waals surface area contributed by atoms with Crippen molar-refractivity contribution in [3.8, 4) is 5.75 Å². The zero-order chi connectivity index (χ0) is 18.1. The van der Waals surface area contributed by atoms with Crippen molar-refractivity contribution in [2.24, 2.45) is 16.8 Å². The molecule has 0 saturated heterocycles. The van der Waals surface area contributed by atoms with Gasteiger partial charge in [0.15, 0.2) is 5.82 Å². The minimum Gasteiger partial charge on any atom is -0.426 e. The van der Waals surface area contributed by atoms with Crippen molar-refractivity contribution < 1.29 is 13.9 Å². The fraction of sp³-hybridized carbons (Fsp3) is 0.600. The molecular formula is C20H26FNO2S. The van der Waals surface area contributed by atoms with Crippen molar-refractivity contribution in [2.75, 3.05) is 0 Å². The molecule has 0 heterocycles. The van der Waals surface area contributed by atoms with Crippen LogP contribution in [-0.2, 0) is 4.79 Å². The zero-order valence-electron chi connectivity index (χ0n) is 14.8. The van der Waals surface area contributed by atoms with Crippen LogP contribution in [0.2, 0.25) is 0 Å². The SMILES string of the molecule is CCCCCCC1CCC(C(=O)Oc2ccc(N=C=S)c(F)c2)CC1. The fourth-order valence-corrected chi connectivity index (χ4v) is 3.54. The number of benzene rings is 1. The fourth-order valence-electron chi connectivity index (χ4n) is 3.44. The molecule has 0 N–H and O–H groups in total. The topological polar surface area (TPSA) is 38.7 Å². The summed E-state index contributed by atoms with van der Waals surface area (Å²) in [5.74, 6) is 0.0552. The Morgan fingerprint density at radius 1 is 1.28 bits per heavy atom. The Morgan fingerprint density at radius 3 is 2.68 bits per heavy atom. The molecule has 0 spiro atoms. The van der Waals surface area contributed by atoms with E-state index in [2.05, 4.69) is 29.3 Å². The first-order valence-corrected chi connectivity index (χ1v) is 9.64. The molecule has 0 unspecified atom stereocenters. The minimum atomic E-state index is -0.571. The molecule has 1 saturated carbocycles. The Kier molecular flexibility index (Phi) is 8.23. The van der Waals surface area contributed by atoms with Gasteiger partial charge in [0.05, 0.1) is 11.1 Å². The lowest BCUT2D eigenvalue weighted by Crippen LogP contribution is -2.25. The van der Waals surface area contributed by atoms with Gasteiger partial charge in [-0.2, -0.15) is 4.99 Å². The molecule has 1 aromatic rings. The number of rotatable bonds is 8. The smallest absolute Gasteiger partial charge is 0.314 e. The average Bonchev–Trinajstić information content (AvgIpc) is 2.62. The van der Waals surface area contributed by atoms with E-state index in [1.165, 1.54) is 50.3 Å². The van der Waals surface area contributed by atoms with E-state index in [0.717, 1.165) is 31.6 Å². The second-order valence-electron chi connectivity index (χ2n) is 6.80. The van der Waals surface area contributed by atoms with Crippen LogP contribution in [0.4, 0.5) is 10.1 Å². The maximum absolute atomic E-state index is 13.8. The predicted octanol–water partition coefficient (Wildman–Crippen LogP) is 6.24. The van der Waals surface area contributed by atoms with Crippen molar-refractivity contribution in [2.45, 2.75) is 64.7 Å². The Balaban J connectivity index is 1.79. The first kappa shape index (κ1) is 19.7. The van der Waals surface area contributed by atoms with Crippen molar-refractivity contribution >= 4 is 29.0 Å². The van der Waals surface area contributed by atoms with E-state index in [9.17, 15) is 9.18 Å². The highest BCUT2D eigenvalue weighted by Crippen LogP contribution is 2.33. The molecule has 5 heteroatoms. The van der Waals surface area contributed by atoms with Crippen LogP contribution >= 0.6 is 12.2 Å². The van der Waals surface area contributed by atoms with E-state index >= 15 is 0 Å². The monoisotopic (exact) mass is 363 g/mol. The normalized spacial score (nSPS) is 19.9. The number of hydrogen-bond acceptors (Lipinski definition) is 4. The Bertz CT molecular complexity index is 620. The first-order chi connectivity index (χ1) is 12.1. The minimum absolute atomic E-state index is 0.0753. The number of aliphatic imine (C=N–C) groups is 1. The number of carbonyl (C=O) groups is 1. The van der Waals surface area contributed by atoms with Gasteiger partial charge in [0.1, 0.15) is 11.4 Å². The summed E-state index contributed by atoms with van der Waals surface area (Å²) in [5.41, 5.74) is 0.0957. The third-order valence-corrected chi connectivity index (χ3v) is 5.04. The van der Waals surface area contributed by atoms with Crippen LogP contribution in [-0.4, -0.2) is 11.1 Å². The third-order valence-electron chi connectivity index (χ3n) is 4.95. The molecule has 0 radical (unpaired) electrons. The highest BCUT2D eigenvalue weighted by Gasteiger charge is 2.27. The summed E-state index contributed by atoms with van der Waals surface area (Å²) >= 11 is 4.46. The van der Waals surface area contributed by atoms with E-state index in [1.54, 1.807) is 0 Å². The standard InChI is InChI=1S/C20H26FNO2S/c1-2-3-4-5-6-15-7-9-16(10-8-15)20(23)24-17-11-12-19(22-14-25)18(21)13-17/h11-13,15-16H,2-10H2,1H3. The van der Waals surface area contributed by atoms with Gasteiger partial charge >= 0.3 is 5.97 Å². The van der Waals surface area contributed by atoms with Crippen LogP contribution in [0.25, 0.3) is 0 Å². The van der Waals surface area contributed by atoms with E-state index < -0.39 is 5.82 Å². The summed E-state index contributed by atoms with van der Waals surface area (Å²) in [7, 11) is 0. The van der Waals surface area contributed by atoms with Gasteiger partial charge in [-0.25, -0.2) is 4.39 Å². The second kappa shape index (κ2) is 10.4. The maximum Gasteiger partial charge on any atom is 0.314 e. The number of carbonyl (C=O) groups excluding carboxylic acids is 1. The average molecular weight is 363 g/mol. The molecule has 0 bridgehead atoms. The van der Waals surface area contributed by atoms with Gasteiger partial charge in [0, 0.05) is 6.07 Å². The molecule has 3 nitrogen and oxygen atoms in total. The molecule has 1 aliphatic carbocycles. The van der Waals surface area contributed by atoms with E-state index in [0.29, 0.717) is 0 Å². The summed E-state index contributed by atoms with van der Waals surface area (Å²) in [6.45, 7) is 2.22. The van der Waals surface area contributed by atoms with E-state index in [4.69, 9.17) is 4.74 Å². The van der Waals surface area contributed by atoms with Gasteiger partial charge in [-0.05, 0) is 56.0 Å². The lowest BCUT2D eigenvalue weighted by atomic mass is 9.80. The largest absolute Gasteiger partial charge is 0.426 e. The molecule has 1 fully saturated rings. The Hall–Kier alpha value is -1.58. The molecule has 2 rings (SSSR count). The predicted molar refractivity (Wildman–Crippen MR) is 101 cm³/mol. The zero-order valence-corrected chi connectivity index (χ0v) is 15.6. The number of halogens is 1. The van der Waals surface area contributed by atoms with Crippen LogP contribution in [0.15, 0.2) is 23.2 Å². The highest BCUT2D eigenvalue weighted by molar-refractivity contribution is 7.78. The number of nitrogens with zero attached hydrogens (tertiary/aromatic N) is 1. The van der Waals surface area contributed by atoms with E-state index in [-0.39, 0.29) is 23.3 Å². The second-order valence-corrected chi connectivity index (χ2v) is 6.99. The summed E-state index contributed by atoms with van der Waals surface area (Å²) in [6, 6.07) is 4.14. The molecule has 25 heavy (non-hydrogen) atoms. The number of esters is 1. The van der Waals surface area contributed by atoms with Crippen LogP contribution < -0.4 is 4.74 Å². The van der Waals surface area contributed by atoms with Gasteiger partial charge in [-0.3, -0.25) is 4.79 Å². The van der Waals surface area contributed by atoms with Crippen LogP contribution in [0, 0.1) is 17.7 Å². The van der Waals surface area contributed by atoms with Gasteiger partial charge in [-0.1, -0.05) is 39.0 Å². The van der Waals surface area contributed by atoms with Crippen molar-refractivity contribution in [1.82, 2.24) is 0 Å². The highest BCUT2D eigenvalue weighted by atomic mass is 32.1. The Morgan fingerprint density at radius 2 is 2.04 bits per heavy atom. The lowest BCUT2D eigenvalue weighted by Gasteiger charge is -2.27. The number of thiocarbonyl (C=S) groups is 1. The molecule has 0 atom stereocenters. The number of ether oxygens (including phenoxy) is 1. The molecule has 136 valence electrons. The van der Waals surface area contributed by atoms with Crippen LogP contribution in [0.5, 0.6) is 5.75 Å². The van der Waals surface area contributed by atoms with Gasteiger partial charge in [0.2, 0.25) is 0 Å². The quantitative estimate of drug-likeness (QED) is 0.180. The lowest BCUT2D eigenvalue weighted by molar-refractivity contribution is -0.140. The van der Waals surface area contributed by atoms with Crippen LogP contribution in [0.1, 0.15) is 64.7 Å². The maximum atomic E-state index is 13.8. The van der Waals surface area contributed by atoms with Crippen LogP contribution in [0.3, 0.4) is 0 Å². The third kappa shape index (κ3) is 6.33. The van der Waals surface area contributed by atoms with Crippen molar-refractivity contribution in [3.63, 3.8) is 0 Å². The summed E-state index contributed by atoms with van der Waals surface area (Å²) in [4.78, 5) is 15.9. The molecular weight excluding hydrogens is 337 g/mol. The Labute approximate surface area is 154 Å².